The van der Waals surface area contributed by atoms with Gasteiger partial charge in [-0.05, 0) is 35.2 Å². The SMILES string of the molecule is CCc1cc(CC(=O)c2ccccc2F)ccc1CO. The van der Waals surface area contributed by atoms with Gasteiger partial charge in [0.25, 0.3) is 0 Å². The summed E-state index contributed by atoms with van der Waals surface area (Å²) in [5.41, 5.74) is 2.85. The van der Waals surface area contributed by atoms with E-state index in [9.17, 15) is 14.3 Å². The van der Waals surface area contributed by atoms with E-state index in [1.807, 2.05) is 25.1 Å². The lowest BCUT2D eigenvalue weighted by Gasteiger charge is -2.08. The first kappa shape index (κ1) is 14.4. The highest BCUT2D eigenvalue weighted by atomic mass is 19.1. The number of carbonyl (C=O) groups is 1. The van der Waals surface area contributed by atoms with Crippen LogP contribution in [-0.2, 0) is 19.4 Å². The zero-order chi connectivity index (χ0) is 14.5. The molecule has 0 bridgehead atoms. The molecule has 0 fully saturated rings. The number of Topliss-reactive ketones (excluding diaryl/α,β-unsaturated/α-hetero) is 1. The molecule has 0 atom stereocenters. The van der Waals surface area contributed by atoms with Gasteiger partial charge in [0, 0.05) is 6.42 Å². The van der Waals surface area contributed by atoms with Gasteiger partial charge < -0.3 is 5.11 Å². The first-order valence-corrected chi connectivity index (χ1v) is 6.65. The van der Waals surface area contributed by atoms with E-state index in [2.05, 4.69) is 0 Å². The monoisotopic (exact) mass is 272 g/mol. The summed E-state index contributed by atoms with van der Waals surface area (Å²) >= 11 is 0. The molecule has 0 heterocycles. The second-order valence-corrected chi connectivity index (χ2v) is 4.69. The van der Waals surface area contributed by atoms with Crippen LogP contribution in [0.2, 0.25) is 0 Å². The van der Waals surface area contributed by atoms with E-state index in [1.54, 1.807) is 12.1 Å². The lowest BCUT2D eigenvalue weighted by Crippen LogP contribution is -2.07. The highest BCUT2D eigenvalue weighted by Gasteiger charge is 2.12. The van der Waals surface area contributed by atoms with E-state index in [4.69, 9.17) is 0 Å². The van der Waals surface area contributed by atoms with Crippen LogP contribution >= 0.6 is 0 Å². The summed E-state index contributed by atoms with van der Waals surface area (Å²) in [5.74, 6) is -0.720. The van der Waals surface area contributed by atoms with Gasteiger partial charge in [-0.1, -0.05) is 37.3 Å². The predicted octanol–water partition coefficient (Wildman–Crippen LogP) is 3.31. The molecule has 0 aliphatic rings. The summed E-state index contributed by atoms with van der Waals surface area (Å²) < 4.78 is 13.6. The molecule has 3 heteroatoms. The van der Waals surface area contributed by atoms with Crippen molar-refractivity contribution in [2.75, 3.05) is 0 Å². The Kier molecular flexibility index (Phi) is 4.64. The molecular weight excluding hydrogens is 255 g/mol. The minimum atomic E-state index is -0.486. The third-order valence-electron chi connectivity index (χ3n) is 3.36. The highest BCUT2D eigenvalue weighted by molar-refractivity contribution is 5.97. The molecule has 2 aromatic rings. The van der Waals surface area contributed by atoms with Crippen LogP contribution in [0, 0.1) is 5.82 Å². The van der Waals surface area contributed by atoms with E-state index in [-0.39, 0.29) is 24.4 Å². The zero-order valence-corrected chi connectivity index (χ0v) is 11.4. The molecule has 0 unspecified atom stereocenters. The Labute approximate surface area is 117 Å². The molecule has 2 aromatic carbocycles. The fraction of sp³-hybridized carbons (Fsp3) is 0.235. The number of ketones is 1. The Bertz CT molecular complexity index is 620. The smallest absolute Gasteiger partial charge is 0.170 e. The summed E-state index contributed by atoms with van der Waals surface area (Å²) in [6.45, 7) is 1.99. The molecule has 0 aliphatic carbocycles. The molecule has 0 saturated carbocycles. The fourth-order valence-electron chi connectivity index (χ4n) is 2.24. The number of carbonyl (C=O) groups excluding carboxylic acids is 1. The van der Waals surface area contributed by atoms with Crippen molar-refractivity contribution in [3.63, 3.8) is 0 Å². The first-order valence-electron chi connectivity index (χ1n) is 6.65. The summed E-state index contributed by atoms with van der Waals surface area (Å²) in [5, 5.41) is 9.22. The van der Waals surface area contributed by atoms with Crippen molar-refractivity contribution in [3.05, 3.63) is 70.5 Å². The second-order valence-electron chi connectivity index (χ2n) is 4.69. The van der Waals surface area contributed by atoms with Gasteiger partial charge in [0.2, 0.25) is 0 Å². The number of aryl methyl sites for hydroxylation is 1. The van der Waals surface area contributed by atoms with Crippen LogP contribution < -0.4 is 0 Å². The number of halogens is 1. The van der Waals surface area contributed by atoms with Crippen LogP contribution in [0.4, 0.5) is 4.39 Å². The van der Waals surface area contributed by atoms with Crippen molar-refractivity contribution in [1.29, 1.82) is 0 Å². The van der Waals surface area contributed by atoms with Crippen LogP contribution in [-0.4, -0.2) is 10.9 Å². The van der Waals surface area contributed by atoms with Crippen LogP contribution in [0.3, 0.4) is 0 Å². The van der Waals surface area contributed by atoms with Gasteiger partial charge in [0.05, 0.1) is 12.2 Å². The quantitative estimate of drug-likeness (QED) is 0.848. The van der Waals surface area contributed by atoms with Crippen LogP contribution in [0.15, 0.2) is 42.5 Å². The molecular formula is C17H17FO2. The lowest BCUT2D eigenvalue weighted by molar-refractivity contribution is 0.0989. The minimum Gasteiger partial charge on any atom is -0.392 e. The van der Waals surface area contributed by atoms with Gasteiger partial charge in [0.15, 0.2) is 5.78 Å². The lowest BCUT2D eigenvalue weighted by atomic mass is 9.97. The summed E-state index contributed by atoms with van der Waals surface area (Å²) in [7, 11) is 0. The third kappa shape index (κ3) is 3.11. The van der Waals surface area contributed by atoms with Crippen LogP contribution in [0.1, 0.15) is 34.0 Å². The van der Waals surface area contributed by atoms with E-state index < -0.39 is 5.82 Å². The molecule has 0 radical (unpaired) electrons. The molecule has 0 aromatic heterocycles. The number of hydrogen-bond acceptors (Lipinski definition) is 2. The number of rotatable bonds is 5. The Morgan fingerprint density at radius 1 is 1.15 bits per heavy atom. The van der Waals surface area contributed by atoms with E-state index in [0.717, 1.165) is 23.1 Å². The Hall–Kier alpha value is -2.00. The van der Waals surface area contributed by atoms with Gasteiger partial charge in [0.1, 0.15) is 5.82 Å². The summed E-state index contributed by atoms with van der Waals surface area (Å²) in [4.78, 5) is 12.1. The van der Waals surface area contributed by atoms with Gasteiger partial charge in [-0.25, -0.2) is 4.39 Å². The maximum Gasteiger partial charge on any atom is 0.170 e. The largest absolute Gasteiger partial charge is 0.392 e. The van der Waals surface area contributed by atoms with Crippen LogP contribution in [0.25, 0.3) is 0 Å². The van der Waals surface area contributed by atoms with E-state index in [1.165, 1.54) is 12.1 Å². The highest BCUT2D eigenvalue weighted by Crippen LogP contribution is 2.16. The zero-order valence-electron chi connectivity index (χ0n) is 11.4. The molecule has 0 saturated heterocycles. The Morgan fingerprint density at radius 2 is 1.90 bits per heavy atom. The number of aliphatic hydroxyl groups excluding tert-OH is 1. The van der Waals surface area contributed by atoms with Crippen molar-refractivity contribution in [1.82, 2.24) is 0 Å². The van der Waals surface area contributed by atoms with Crippen LogP contribution in [0.5, 0.6) is 0 Å². The van der Waals surface area contributed by atoms with Crippen molar-refractivity contribution in [3.8, 4) is 0 Å². The second kappa shape index (κ2) is 6.44. The predicted molar refractivity (Wildman–Crippen MR) is 76.2 cm³/mol. The standard InChI is InChI=1S/C17H17FO2/c1-2-13-9-12(7-8-14(13)11-19)10-17(20)15-5-3-4-6-16(15)18/h3-9,19H,2,10-11H2,1H3. The average Bonchev–Trinajstić information content (AvgIpc) is 2.47. The molecule has 1 N–H and O–H groups in total. The minimum absolute atomic E-state index is 0.00921. The van der Waals surface area contributed by atoms with Crippen molar-refractivity contribution < 1.29 is 14.3 Å². The maximum atomic E-state index is 13.6. The summed E-state index contributed by atoms with van der Waals surface area (Å²) in [6, 6.07) is 11.6. The third-order valence-corrected chi connectivity index (χ3v) is 3.36. The average molecular weight is 272 g/mol. The number of benzene rings is 2. The van der Waals surface area contributed by atoms with Crippen molar-refractivity contribution in [2.24, 2.45) is 0 Å². The Morgan fingerprint density at radius 3 is 2.55 bits per heavy atom. The summed E-state index contributed by atoms with van der Waals surface area (Å²) in [6.07, 6.45) is 0.956. The topological polar surface area (TPSA) is 37.3 Å². The maximum absolute atomic E-state index is 13.6. The van der Waals surface area contributed by atoms with Gasteiger partial charge in [-0.2, -0.15) is 0 Å². The number of aliphatic hydroxyl groups is 1. The molecule has 0 amide bonds. The Balaban J connectivity index is 2.22. The molecule has 0 spiro atoms. The number of hydrogen-bond donors (Lipinski definition) is 1. The van der Waals surface area contributed by atoms with Crippen molar-refractivity contribution >= 4 is 5.78 Å². The van der Waals surface area contributed by atoms with Crippen molar-refractivity contribution in [2.45, 2.75) is 26.4 Å². The molecule has 0 aliphatic heterocycles. The fourth-order valence-corrected chi connectivity index (χ4v) is 2.24. The van der Waals surface area contributed by atoms with E-state index in [0.29, 0.717) is 0 Å². The normalized spacial score (nSPS) is 10.6. The molecule has 2 nitrogen and oxygen atoms in total. The molecule has 2 rings (SSSR count). The molecule has 104 valence electrons. The first-order chi connectivity index (χ1) is 9.65. The van der Waals surface area contributed by atoms with Gasteiger partial charge >= 0.3 is 0 Å². The van der Waals surface area contributed by atoms with Gasteiger partial charge in [-0.3, -0.25) is 4.79 Å². The van der Waals surface area contributed by atoms with Gasteiger partial charge in [-0.15, -0.1) is 0 Å². The van der Waals surface area contributed by atoms with E-state index >= 15 is 0 Å². The molecule has 20 heavy (non-hydrogen) atoms.